The third-order valence-corrected chi connectivity index (χ3v) is 3.60. The molecule has 1 heterocycles. The summed E-state index contributed by atoms with van der Waals surface area (Å²) in [5.74, 6) is 0. The number of nitrogen functional groups attached to an aromatic ring is 1. The Morgan fingerprint density at radius 2 is 2.05 bits per heavy atom. The maximum absolute atomic E-state index is 8.98. The Labute approximate surface area is 114 Å². The number of fused-ring (bicyclic) bond motifs is 1. The van der Waals surface area contributed by atoms with Gasteiger partial charge in [-0.2, -0.15) is 5.26 Å². The van der Waals surface area contributed by atoms with E-state index < -0.39 is 0 Å². The van der Waals surface area contributed by atoms with Gasteiger partial charge in [0.25, 0.3) is 0 Å². The van der Waals surface area contributed by atoms with Gasteiger partial charge >= 0.3 is 0 Å². The lowest BCUT2D eigenvalue weighted by molar-refractivity contribution is 0.418. The van der Waals surface area contributed by atoms with Crippen molar-refractivity contribution in [3.05, 3.63) is 30.5 Å². The molecular formula is C16H21N3. The third kappa shape index (κ3) is 3.08. The summed E-state index contributed by atoms with van der Waals surface area (Å²) >= 11 is 0. The molecule has 0 aliphatic heterocycles. The number of nitrogens with zero attached hydrogens (tertiary/aromatic N) is 2. The Bertz CT molecular complexity index is 602. The van der Waals surface area contributed by atoms with E-state index in [4.69, 9.17) is 11.0 Å². The fraction of sp³-hybridized carbons (Fsp3) is 0.438. The standard InChI is InChI=1S/C16H21N3/c1-16(2,12-17)9-3-4-10-19-11-8-13-14(18)6-5-7-15(13)19/h5-8,11H,3-4,9-10,18H2,1-2H3. The van der Waals surface area contributed by atoms with Crippen LogP contribution < -0.4 is 5.73 Å². The van der Waals surface area contributed by atoms with E-state index in [-0.39, 0.29) is 5.41 Å². The molecule has 3 nitrogen and oxygen atoms in total. The average molecular weight is 255 g/mol. The summed E-state index contributed by atoms with van der Waals surface area (Å²) in [7, 11) is 0. The first kappa shape index (κ1) is 13.5. The minimum atomic E-state index is -0.205. The van der Waals surface area contributed by atoms with Crippen molar-refractivity contribution in [2.75, 3.05) is 5.73 Å². The number of nitrogens with two attached hydrogens (primary N) is 1. The van der Waals surface area contributed by atoms with Crippen molar-refractivity contribution < 1.29 is 0 Å². The molecule has 0 amide bonds. The highest BCUT2D eigenvalue weighted by atomic mass is 14.9. The lowest BCUT2D eigenvalue weighted by Crippen LogP contribution is -2.08. The smallest absolute Gasteiger partial charge is 0.0683 e. The van der Waals surface area contributed by atoms with Gasteiger partial charge in [-0.15, -0.1) is 0 Å². The lowest BCUT2D eigenvalue weighted by atomic mass is 9.89. The summed E-state index contributed by atoms with van der Waals surface area (Å²) in [4.78, 5) is 0. The van der Waals surface area contributed by atoms with Crippen LogP contribution in [0.3, 0.4) is 0 Å². The van der Waals surface area contributed by atoms with Gasteiger partial charge in [-0.1, -0.05) is 12.5 Å². The zero-order chi connectivity index (χ0) is 13.9. The second-order valence-corrected chi connectivity index (χ2v) is 5.74. The van der Waals surface area contributed by atoms with Crippen LogP contribution in [0.1, 0.15) is 33.1 Å². The summed E-state index contributed by atoms with van der Waals surface area (Å²) in [6.45, 7) is 4.98. The van der Waals surface area contributed by atoms with E-state index >= 15 is 0 Å². The first-order chi connectivity index (χ1) is 9.03. The highest BCUT2D eigenvalue weighted by molar-refractivity contribution is 5.91. The summed E-state index contributed by atoms with van der Waals surface area (Å²) in [6.07, 6.45) is 5.20. The zero-order valence-electron chi connectivity index (χ0n) is 11.7. The molecule has 0 fully saturated rings. The Morgan fingerprint density at radius 1 is 1.26 bits per heavy atom. The van der Waals surface area contributed by atoms with Crippen molar-refractivity contribution in [1.82, 2.24) is 4.57 Å². The Hall–Kier alpha value is -1.95. The normalized spacial score (nSPS) is 11.6. The first-order valence-electron chi connectivity index (χ1n) is 6.78. The molecule has 1 aromatic carbocycles. The van der Waals surface area contributed by atoms with E-state index in [2.05, 4.69) is 29.0 Å². The van der Waals surface area contributed by atoms with Gasteiger partial charge in [-0.3, -0.25) is 0 Å². The van der Waals surface area contributed by atoms with Crippen LogP contribution in [0.2, 0.25) is 0 Å². The number of anilines is 1. The van der Waals surface area contributed by atoms with Crippen LogP contribution in [0.25, 0.3) is 10.9 Å². The number of benzene rings is 1. The topological polar surface area (TPSA) is 54.7 Å². The molecule has 0 saturated carbocycles. The molecule has 19 heavy (non-hydrogen) atoms. The summed E-state index contributed by atoms with van der Waals surface area (Å²) in [5.41, 5.74) is 7.77. The van der Waals surface area contributed by atoms with Gasteiger partial charge in [0.2, 0.25) is 0 Å². The lowest BCUT2D eigenvalue weighted by Gasteiger charge is -2.14. The van der Waals surface area contributed by atoms with Gasteiger partial charge in [0.1, 0.15) is 0 Å². The Kier molecular flexibility index (Phi) is 3.80. The molecule has 0 saturated heterocycles. The van der Waals surface area contributed by atoms with E-state index in [1.54, 1.807) is 0 Å². The van der Waals surface area contributed by atoms with Crippen molar-refractivity contribution in [3.8, 4) is 6.07 Å². The van der Waals surface area contributed by atoms with Gasteiger partial charge < -0.3 is 10.3 Å². The van der Waals surface area contributed by atoms with Crippen molar-refractivity contribution in [2.45, 2.75) is 39.7 Å². The molecule has 0 aliphatic carbocycles. The molecule has 100 valence electrons. The second-order valence-electron chi connectivity index (χ2n) is 5.74. The van der Waals surface area contributed by atoms with E-state index in [9.17, 15) is 0 Å². The van der Waals surface area contributed by atoms with Gasteiger partial charge in [0.15, 0.2) is 0 Å². The summed E-state index contributed by atoms with van der Waals surface area (Å²) < 4.78 is 2.24. The summed E-state index contributed by atoms with van der Waals surface area (Å²) in [5, 5.41) is 10.1. The number of rotatable bonds is 5. The van der Waals surface area contributed by atoms with Crippen LogP contribution in [0.5, 0.6) is 0 Å². The number of aryl methyl sites for hydroxylation is 1. The molecule has 3 heteroatoms. The minimum Gasteiger partial charge on any atom is -0.398 e. The summed E-state index contributed by atoms with van der Waals surface area (Å²) in [6, 6.07) is 10.4. The van der Waals surface area contributed by atoms with Crippen LogP contribution in [0.4, 0.5) is 5.69 Å². The first-order valence-corrected chi connectivity index (χ1v) is 6.78. The maximum Gasteiger partial charge on any atom is 0.0683 e. The zero-order valence-corrected chi connectivity index (χ0v) is 11.7. The minimum absolute atomic E-state index is 0.205. The molecule has 0 aliphatic rings. The molecule has 0 spiro atoms. The van der Waals surface area contributed by atoms with Crippen LogP contribution in [0.15, 0.2) is 30.5 Å². The Morgan fingerprint density at radius 3 is 2.79 bits per heavy atom. The van der Waals surface area contributed by atoms with Crippen LogP contribution >= 0.6 is 0 Å². The van der Waals surface area contributed by atoms with E-state index in [0.29, 0.717) is 0 Å². The van der Waals surface area contributed by atoms with Gasteiger partial charge in [-0.05, 0) is 44.9 Å². The highest BCUT2D eigenvalue weighted by Crippen LogP contribution is 2.24. The number of hydrogen-bond donors (Lipinski definition) is 1. The van der Waals surface area contributed by atoms with Crippen molar-refractivity contribution >= 4 is 16.6 Å². The third-order valence-electron chi connectivity index (χ3n) is 3.60. The number of unbranched alkanes of at least 4 members (excludes halogenated alkanes) is 1. The molecule has 0 atom stereocenters. The van der Waals surface area contributed by atoms with E-state index in [1.165, 1.54) is 5.52 Å². The SMILES string of the molecule is CC(C)(C#N)CCCCn1ccc2c(N)cccc21. The second kappa shape index (κ2) is 5.36. The van der Waals surface area contributed by atoms with Crippen LogP contribution in [-0.4, -0.2) is 4.57 Å². The van der Waals surface area contributed by atoms with Crippen molar-refractivity contribution in [2.24, 2.45) is 5.41 Å². The largest absolute Gasteiger partial charge is 0.398 e. The molecule has 2 rings (SSSR count). The fourth-order valence-corrected chi connectivity index (χ4v) is 2.35. The van der Waals surface area contributed by atoms with Gasteiger partial charge in [0, 0.05) is 23.8 Å². The molecule has 0 radical (unpaired) electrons. The van der Waals surface area contributed by atoms with Crippen molar-refractivity contribution in [1.29, 1.82) is 5.26 Å². The quantitative estimate of drug-likeness (QED) is 0.649. The number of aromatic nitrogens is 1. The number of hydrogen-bond acceptors (Lipinski definition) is 2. The predicted octanol–water partition coefficient (Wildman–Crippen LogP) is 3.94. The Balaban J connectivity index is 1.96. The van der Waals surface area contributed by atoms with Crippen LogP contribution in [0, 0.1) is 16.7 Å². The number of nitriles is 1. The van der Waals surface area contributed by atoms with E-state index in [1.807, 2.05) is 26.0 Å². The predicted molar refractivity (Wildman–Crippen MR) is 79.6 cm³/mol. The van der Waals surface area contributed by atoms with Crippen LogP contribution in [-0.2, 0) is 6.54 Å². The molecule has 1 aromatic heterocycles. The average Bonchev–Trinajstić information content (AvgIpc) is 2.80. The van der Waals surface area contributed by atoms with Crippen molar-refractivity contribution in [3.63, 3.8) is 0 Å². The van der Waals surface area contributed by atoms with E-state index in [0.717, 1.165) is 36.9 Å². The fourth-order valence-electron chi connectivity index (χ4n) is 2.35. The molecular weight excluding hydrogens is 234 g/mol. The maximum atomic E-state index is 8.98. The molecule has 0 unspecified atom stereocenters. The van der Waals surface area contributed by atoms with Gasteiger partial charge in [-0.25, -0.2) is 0 Å². The van der Waals surface area contributed by atoms with Gasteiger partial charge in [0.05, 0.1) is 17.0 Å². The molecule has 0 bridgehead atoms. The molecule has 2 aromatic rings. The highest BCUT2D eigenvalue weighted by Gasteiger charge is 2.15. The molecule has 2 N–H and O–H groups in total. The monoisotopic (exact) mass is 255 g/mol.